The van der Waals surface area contributed by atoms with E-state index in [1.165, 1.54) is 6.42 Å². The molecule has 0 aliphatic heterocycles. The van der Waals surface area contributed by atoms with Crippen LogP contribution >= 0.6 is 0 Å². The molecule has 1 aliphatic carbocycles. The molecule has 4 heteroatoms. The van der Waals surface area contributed by atoms with Gasteiger partial charge in [-0.05, 0) is 32.1 Å². The Bertz CT molecular complexity index is 289. The zero-order chi connectivity index (χ0) is 13.8. The Morgan fingerprint density at radius 3 is 2.78 bits per heavy atom. The molecule has 1 amide bonds. The van der Waals surface area contributed by atoms with E-state index in [1.807, 2.05) is 6.92 Å². The molecule has 1 saturated carbocycles. The number of carbonyl (C=O) groups excluding carboxylic acids is 1. The lowest BCUT2D eigenvalue weighted by atomic mass is 9.79. The maximum Gasteiger partial charge on any atom is 0.252 e. The highest BCUT2D eigenvalue weighted by Crippen LogP contribution is 2.31. The van der Waals surface area contributed by atoms with Crippen molar-refractivity contribution in [2.24, 2.45) is 5.92 Å². The third-order valence-corrected chi connectivity index (χ3v) is 4.25. The fourth-order valence-corrected chi connectivity index (χ4v) is 2.62. The van der Waals surface area contributed by atoms with Gasteiger partial charge in [0.05, 0.1) is 5.60 Å². The Kier molecular flexibility index (Phi) is 5.17. The largest absolute Gasteiger partial charge is 0.388 e. The lowest BCUT2D eigenvalue weighted by Gasteiger charge is -2.36. The standard InChI is InChI=1S/C14H27NO3/c1-5-13(3,18-4)12(16)15-10-14(17)8-6-7-11(2)9-14/h11,17H,5-10H2,1-4H3,(H,15,16). The second kappa shape index (κ2) is 6.02. The van der Waals surface area contributed by atoms with Crippen LogP contribution in [-0.2, 0) is 9.53 Å². The maximum absolute atomic E-state index is 12.0. The number of carbonyl (C=O) groups is 1. The molecule has 0 bridgehead atoms. The summed E-state index contributed by atoms with van der Waals surface area (Å²) in [5.41, 5.74) is -1.54. The first-order chi connectivity index (χ1) is 8.35. The van der Waals surface area contributed by atoms with Crippen LogP contribution in [0.15, 0.2) is 0 Å². The minimum Gasteiger partial charge on any atom is -0.388 e. The monoisotopic (exact) mass is 257 g/mol. The van der Waals surface area contributed by atoms with Gasteiger partial charge in [-0.3, -0.25) is 4.79 Å². The van der Waals surface area contributed by atoms with E-state index in [2.05, 4.69) is 12.2 Å². The van der Waals surface area contributed by atoms with E-state index < -0.39 is 11.2 Å². The Hall–Kier alpha value is -0.610. The summed E-state index contributed by atoms with van der Waals surface area (Å²) in [4.78, 5) is 12.0. The average molecular weight is 257 g/mol. The van der Waals surface area contributed by atoms with Gasteiger partial charge < -0.3 is 15.2 Å². The second-order valence-electron chi connectivity index (χ2n) is 5.90. The Labute approximate surface area is 110 Å². The van der Waals surface area contributed by atoms with Gasteiger partial charge in [0.1, 0.15) is 5.60 Å². The molecule has 0 spiro atoms. The maximum atomic E-state index is 12.0. The molecule has 18 heavy (non-hydrogen) atoms. The first-order valence-corrected chi connectivity index (χ1v) is 6.91. The molecule has 1 rings (SSSR count). The topological polar surface area (TPSA) is 58.6 Å². The Morgan fingerprint density at radius 1 is 1.61 bits per heavy atom. The van der Waals surface area contributed by atoms with Crippen LogP contribution in [0.3, 0.4) is 0 Å². The van der Waals surface area contributed by atoms with Gasteiger partial charge in [0.25, 0.3) is 5.91 Å². The highest BCUT2D eigenvalue weighted by atomic mass is 16.5. The molecule has 0 aromatic heterocycles. The van der Waals surface area contributed by atoms with Crippen LogP contribution in [0.4, 0.5) is 0 Å². The van der Waals surface area contributed by atoms with Crippen LogP contribution in [0.25, 0.3) is 0 Å². The molecule has 2 N–H and O–H groups in total. The van der Waals surface area contributed by atoms with Crippen LogP contribution in [0.5, 0.6) is 0 Å². The van der Waals surface area contributed by atoms with Gasteiger partial charge in [-0.15, -0.1) is 0 Å². The van der Waals surface area contributed by atoms with Crippen LogP contribution < -0.4 is 5.32 Å². The summed E-state index contributed by atoms with van der Waals surface area (Å²) in [6.45, 7) is 6.17. The smallest absolute Gasteiger partial charge is 0.252 e. The Morgan fingerprint density at radius 2 is 2.28 bits per heavy atom. The second-order valence-corrected chi connectivity index (χ2v) is 5.90. The summed E-state index contributed by atoms with van der Waals surface area (Å²) < 4.78 is 5.25. The van der Waals surface area contributed by atoms with Gasteiger partial charge in [0.15, 0.2) is 0 Å². The molecular formula is C14H27NO3. The molecule has 1 fully saturated rings. The fourth-order valence-electron chi connectivity index (χ4n) is 2.62. The van der Waals surface area contributed by atoms with Crippen molar-refractivity contribution in [2.75, 3.05) is 13.7 Å². The van der Waals surface area contributed by atoms with Crippen molar-refractivity contribution >= 4 is 5.91 Å². The molecule has 0 aromatic rings. The fraction of sp³-hybridized carbons (Fsp3) is 0.929. The number of methoxy groups -OCH3 is 1. The number of aliphatic hydroxyl groups is 1. The van der Waals surface area contributed by atoms with Crippen LogP contribution in [0, 0.1) is 5.92 Å². The number of hydrogen-bond donors (Lipinski definition) is 2. The van der Waals surface area contributed by atoms with Crippen molar-refractivity contribution in [2.45, 2.75) is 64.1 Å². The molecule has 106 valence electrons. The number of ether oxygens (including phenoxy) is 1. The quantitative estimate of drug-likeness (QED) is 0.790. The van der Waals surface area contributed by atoms with E-state index in [0.717, 1.165) is 19.3 Å². The number of nitrogens with one attached hydrogen (secondary N) is 1. The summed E-state index contributed by atoms with van der Waals surface area (Å²) in [6, 6.07) is 0. The van der Waals surface area contributed by atoms with Crippen molar-refractivity contribution in [1.29, 1.82) is 0 Å². The van der Waals surface area contributed by atoms with E-state index in [-0.39, 0.29) is 5.91 Å². The van der Waals surface area contributed by atoms with Gasteiger partial charge in [0, 0.05) is 13.7 Å². The first-order valence-electron chi connectivity index (χ1n) is 6.91. The van der Waals surface area contributed by atoms with Crippen molar-refractivity contribution in [3.63, 3.8) is 0 Å². The van der Waals surface area contributed by atoms with Crippen molar-refractivity contribution in [3.8, 4) is 0 Å². The van der Waals surface area contributed by atoms with Gasteiger partial charge in [-0.25, -0.2) is 0 Å². The predicted octanol–water partition coefficient (Wildman–Crippen LogP) is 1.86. The molecule has 3 unspecified atom stereocenters. The summed E-state index contributed by atoms with van der Waals surface area (Å²) in [7, 11) is 1.54. The minimum absolute atomic E-state index is 0.140. The molecular weight excluding hydrogens is 230 g/mol. The lowest BCUT2D eigenvalue weighted by Crippen LogP contribution is -2.52. The number of amides is 1. The van der Waals surface area contributed by atoms with Gasteiger partial charge in [-0.2, -0.15) is 0 Å². The molecule has 4 nitrogen and oxygen atoms in total. The van der Waals surface area contributed by atoms with Crippen molar-refractivity contribution < 1.29 is 14.6 Å². The zero-order valence-corrected chi connectivity index (χ0v) is 12.1. The third kappa shape index (κ3) is 3.69. The van der Waals surface area contributed by atoms with E-state index in [0.29, 0.717) is 18.9 Å². The summed E-state index contributed by atoms with van der Waals surface area (Å²) in [5, 5.41) is 13.3. The van der Waals surface area contributed by atoms with E-state index in [1.54, 1.807) is 14.0 Å². The zero-order valence-electron chi connectivity index (χ0n) is 12.1. The molecule has 0 aromatic carbocycles. The summed E-state index contributed by atoms with van der Waals surface area (Å²) >= 11 is 0. The number of rotatable bonds is 5. The van der Waals surface area contributed by atoms with Gasteiger partial charge in [0.2, 0.25) is 0 Å². The summed E-state index contributed by atoms with van der Waals surface area (Å²) in [6.07, 6.45) is 4.35. The molecule has 0 heterocycles. The summed E-state index contributed by atoms with van der Waals surface area (Å²) in [5.74, 6) is 0.389. The highest BCUT2D eigenvalue weighted by Gasteiger charge is 2.36. The van der Waals surface area contributed by atoms with E-state index >= 15 is 0 Å². The normalized spacial score (nSPS) is 31.7. The van der Waals surface area contributed by atoms with E-state index in [9.17, 15) is 9.90 Å². The highest BCUT2D eigenvalue weighted by molar-refractivity contribution is 5.84. The van der Waals surface area contributed by atoms with Crippen LogP contribution in [0.1, 0.15) is 52.9 Å². The van der Waals surface area contributed by atoms with Crippen molar-refractivity contribution in [3.05, 3.63) is 0 Å². The first kappa shape index (κ1) is 15.4. The van der Waals surface area contributed by atoms with Gasteiger partial charge in [-0.1, -0.05) is 26.7 Å². The van der Waals surface area contributed by atoms with Crippen LogP contribution in [0.2, 0.25) is 0 Å². The minimum atomic E-state index is -0.795. The SMILES string of the molecule is CCC(C)(OC)C(=O)NCC1(O)CCCC(C)C1. The molecule has 0 radical (unpaired) electrons. The van der Waals surface area contributed by atoms with Crippen LogP contribution in [-0.4, -0.2) is 35.9 Å². The van der Waals surface area contributed by atoms with Crippen molar-refractivity contribution in [1.82, 2.24) is 5.32 Å². The lowest BCUT2D eigenvalue weighted by molar-refractivity contribution is -0.143. The number of hydrogen-bond acceptors (Lipinski definition) is 3. The predicted molar refractivity (Wildman–Crippen MR) is 71.3 cm³/mol. The van der Waals surface area contributed by atoms with Gasteiger partial charge >= 0.3 is 0 Å². The third-order valence-electron chi connectivity index (χ3n) is 4.25. The van der Waals surface area contributed by atoms with E-state index in [4.69, 9.17) is 4.74 Å². The molecule has 3 atom stereocenters. The molecule has 0 saturated heterocycles. The Balaban J connectivity index is 2.51. The molecule has 1 aliphatic rings. The average Bonchev–Trinajstić information content (AvgIpc) is 2.34.